The predicted octanol–water partition coefficient (Wildman–Crippen LogP) is 2.47. The zero-order valence-corrected chi connectivity index (χ0v) is 8.75. The lowest BCUT2D eigenvalue weighted by atomic mass is 10.2. The van der Waals surface area contributed by atoms with Gasteiger partial charge in [-0.25, -0.2) is 4.98 Å². The van der Waals surface area contributed by atoms with E-state index in [-0.39, 0.29) is 5.78 Å². The van der Waals surface area contributed by atoms with Gasteiger partial charge in [0.15, 0.2) is 5.78 Å². The zero-order valence-electron chi connectivity index (χ0n) is 8.75. The number of hydrogen-bond acceptors (Lipinski definition) is 4. The van der Waals surface area contributed by atoms with Crippen LogP contribution >= 0.6 is 0 Å². The SMILES string of the molecule is CC(=O)c1ccnc(Oc2cccnc2)c1. The molecule has 16 heavy (non-hydrogen) atoms. The first-order valence-electron chi connectivity index (χ1n) is 4.80. The van der Waals surface area contributed by atoms with Crippen molar-refractivity contribution in [3.63, 3.8) is 0 Å². The van der Waals surface area contributed by atoms with Crippen LogP contribution in [0.2, 0.25) is 0 Å². The number of ether oxygens (including phenoxy) is 1. The summed E-state index contributed by atoms with van der Waals surface area (Å²) in [5.74, 6) is 0.967. The second kappa shape index (κ2) is 4.53. The van der Waals surface area contributed by atoms with Gasteiger partial charge in [-0.15, -0.1) is 0 Å². The number of Topliss-reactive ketones (excluding diaryl/α,β-unsaturated/α-hetero) is 1. The normalized spacial score (nSPS) is 9.81. The second-order valence-corrected chi connectivity index (χ2v) is 3.23. The highest BCUT2D eigenvalue weighted by Gasteiger charge is 2.03. The third-order valence-corrected chi connectivity index (χ3v) is 2.00. The Morgan fingerprint density at radius 2 is 2.19 bits per heavy atom. The van der Waals surface area contributed by atoms with Crippen LogP contribution in [-0.2, 0) is 0 Å². The highest BCUT2D eigenvalue weighted by atomic mass is 16.5. The Morgan fingerprint density at radius 3 is 2.88 bits per heavy atom. The van der Waals surface area contributed by atoms with Crippen molar-refractivity contribution in [2.75, 3.05) is 0 Å². The van der Waals surface area contributed by atoms with Gasteiger partial charge >= 0.3 is 0 Å². The van der Waals surface area contributed by atoms with Crippen LogP contribution in [0.25, 0.3) is 0 Å². The highest BCUT2D eigenvalue weighted by molar-refractivity contribution is 5.94. The first-order chi connectivity index (χ1) is 7.75. The van der Waals surface area contributed by atoms with E-state index in [1.54, 1.807) is 42.9 Å². The fourth-order valence-corrected chi connectivity index (χ4v) is 1.21. The van der Waals surface area contributed by atoms with Crippen molar-refractivity contribution in [3.05, 3.63) is 48.4 Å². The molecule has 0 atom stereocenters. The summed E-state index contributed by atoms with van der Waals surface area (Å²) in [6.07, 6.45) is 4.79. The molecule has 0 unspecified atom stereocenters. The van der Waals surface area contributed by atoms with Gasteiger partial charge in [0.25, 0.3) is 0 Å². The van der Waals surface area contributed by atoms with Gasteiger partial charge in [0.1, 0.15) is 5.75 Å². The molecule has 0 bridgehead atoms. The monoisotopic (exact) mass is 214 g/mol. The molecule has 2 aromatic rings. The van der Waals surface area contributed by atoms with Crippen molar-refractivity contribution in [2.45, 2.75) is 6.92 Å². The summed E-state index contributed by atoms with van der Waals surface area (Å²) in [4.78, 5) is 19.1. The Hall–Kier alpha value is -2.23. The molecular weight excluding hydrogens is 204 g/mol. The van der Waals surface area contributed by atoms with E-state index in [0.717, 1.165) is 0 Å². The third-order valence-electron chi connectivity index (χ3n) is 2.00. The van der Waals surface area contributed by atoms with Crippen molar-refractivity contribution < 1.29 is 9.53 Å². The summed E-state index contributed by atoms with van der Waals surface area (Å²) in [5.41, 5.74) is 0.578. The predicted molar refractivity (Wildman–Crippen MR) is 58.6 cm³/mol. The number of carbonyl (C=O) groups is 1. The molecule has 80 valence electrons. The van der Waals surface area contributed by atoms with Crippen molar-refractivity contribution in [1.29, 1.82) is 0 Å². The number of pyridine rings is 2. The molecule has 0 aliphatic rings. The molecule has 0 amide bonds. The van der Waals surface area contributed by atoms with Gasteiger partial charge in [-0.1, -0.05) is 0 Å². The maximum atomic E-state index is 11.2. The summed E-state index contributed by atoms with van der Waals surface area (Å²) >= 11 is 0. The summed E-state index contributed by atoms with van der Waals surface area (Å²) in [6, 6.07) is 6.80. The average molecular weight is 214 g/mol. The molecular formula is C12H10N2O2. The van der Waals surface area contributed by atoms with E-state index >= 15 is 0 Å². The molecule has 0 radical (unpaired) electrons. The van der Waals surface area contributed by atoms with E-state index in [0.29, 0.717) is 17.2 Å². The van der Waals surface area contributed by atoms with E-state index in [1.807, 2.05) is 0 Å². The zero-order chi connectivity index (χ0) is 11.4. The third kappa shape index (κ3) is 2.42. The second-order valence-electron chi connectivity index (χ2n) is 3.23. The first-order valence-corrected chi connectivity index (χ1v) is 4.80. The van der Waals surface area contributed by atoms with Crippen molar-refractivity contribution in [2.24, 2.45) is 0 Å². The minimum Gasteiger partial charge on any atom is -0.437 e. The quantitative estimate of drug-likeness (QED) is 0.736. The topological polar surface area (TPSA) is 52.1 Å². The average Bonchev–Trinajstić information content (AvgIpc) is 2.30. The number of ketones is 1. The van der Waals surface area contributed by atoms with Gasteiger partial charge in [0, 0.05) is 24.0 Å². The molecule has 4 heteroatoms. The van der Waals surface area contributed by atoms with E-state index in [9.17, 15) is 4.79 Å². The van der Waals surface area contributed by atoms with E-state index in [1.165, 1.54) is 6.92 Å². The van der Waals surface area contributed by atoms with Crippen LogP contribution in [0.4, 0.5) is 0 Å². The molecule has 0 saturated carbocycles. The van der Waals surface area contributed by atoms with E-state index in [4.69, 9.17) is 4.74 Å². The van der Waals surface area contributed by atoms with Crippen LogP contribution in [0, 0.1) is 0 Å². The molecule has 0 fully saturated rings. The summed E-state index contributed by atoms with van der Waals surface area (Å²) < 4.78 is 5.44. The number of rotatable bonds is 3. The van der Waals surface area contributed by atoms with Crippen LogP contribution in [0.1, 0.15) is 17.3 Å². The van der Waals surface area contributed by atoms with Gasteiger partial charge < -0.3 is 4.74 Å². The van der Waals surface area contributed by atoms with Crippen LogP contribution in [0.3, 0.4) is 0 Å². The fraction of sp³-hybridized carbons (Fsp3) is 0.0833. The van der Waals surface area contributed by atoms with Crippen LogP contribution < -0.4 is 4.74 Å². The molecule has 0 N–H and O–H groups in total. The summed E-state index contributed by atoms with van der Waals surface area (Å²) in [7, 11) is 0. The van der Waals surface area contributed by atoms with Gasteiger partial charge in [0.05, 0.1) is 6.20 Å². The molecule has 2 heterocycles. The minimum atomic E-state index is -0.0153. The van der Waals surface area contributed by atoms with Crippen LogP contribution in [0.15, 0.2) is 42.9 Å². The summed E-state index contributed by atoms with van der Waals surface area (Å²) in [6.45, 7) is 1.50. The van der Waals surface area contributed by atoms with Gasteiger partial charge in [0.2, 0.25) is 5.88 Å². The smallest absolute Gasteiger partial charge is 0.219 e. The molecule has 0 saturated heterocycles. The Morgan fingerprint density at radius 1 is 1.31 bits per heavy atom. The molecule has 4 nitrogen and oxygen atoms in total. The van der Waals surface area contributed by atoms with Gasteiger partial charge in [-0.05, 0) is 25.1 Å². The van der Waals surface area contributed by atoms with Crippen molar-refractivity contribution in [1.82, 2.24) is 9.97 Å². The van der Waals surface area contributed by atoms with Crippen LogP contribution in [0.5, 0.6) is 11.6 Å². The lowest BCUT2D eigenvalue weighted by Crippen LogP contribution is -1.94. The number of aromatic nitrogens is 2. The van der Waals surface area contributed by atoms with E-state index in [2.05, 4.69) is 9.97 Å². The van der Waals surface area contributed by atoms with E-state index < -0.39 is 0 Å². The van der Waals surface area contributed by atoms with Gasteiger partial charge in [-0.2, -0.15) is 0 Å². The maximum Gasteiger partial charge on any atom is 0.219 e. The molecule has 0 aromatic carbocycles. The maximum absolute atomic E-state index is 11.2. The Labute approximate surface area is 92.9 Å². The van der Waals surface area contributed by atoms with Crippen molar-refractivity contribution >= 4 is 5.78 Å². The standard InChI is InChI=1S/C12H10N2O2/c1-9(15)10-4-6-14-12(7-10)16-11-3-2-5-13-8-11/h2-8H,1H3. The molecule has 2 rings (SSSR count). The minimum absolute atomic E-state index is 0.0153. The Bertz CT molecular complexity index is 497. The Kier molecular flexibility index (Phi) is 2.91. The molecule has 0 spiro atoms. The summed E-state index contributed by atoms with van der Waals surface area (Å²) in [5, 5.41) is 0. The van der Waals surface area contributed by atoms with Gasteiger partial charge in [-0.3, -0.25) is 9.78 Å². The lowest BCUT2D eigenvalue weighted by Gasteiger charge is -2.04. The number of hydrogen-bond donors (Lipinski definition) is 0. The number of carbonyl (C=O) groups excluding carboxylic acids is 1. The highest BCUT2D eigenvalue weighted by Crippen LogP contribution is 2.18. The molecule has 0 aliphatic carbocycles. The van der Waals surface area contributed by atoms with Crippen molar-refractivity contribution in [3.8, 4) is 11.6 Å². The van der Waals surface area contributed by atoms with Crippen LogP contribution in [-0.4, -0.2) is 15.8 Å². The number of nitrogens with zero attached hydrogens (tertiary/aromatic N) is 2. The molecule has 2 aromatic heterocycles. The Balaban J connectivity index is 2.22. The first kappa shape index (κ1) is 10.3. The largest absolute Gasteiger partial charge is 0.437 e. The fourth-order valence-electron chi connectivity index (χ4n) is 1.21. The molecule has 0 aliphatic heterocycles. The lowest BCUT2D eigenvalue weighted by molar-refractivity contribution is 0.101.